The quantitative estimate of drug-likeness (QED) is 0.837. The maximum absolute atomic E-state index is 12.7. The number of rotatable bonds is 5. The van der Waals surface area contributed by atoms with Crippen molar-refractivity contribution in [1.29, 1.82) is 0 Å². The lowest BCUT2D eigenvalue weighted by atomic mass is 10.1. The lowest BCUT2D eigenvalue weighted by Crippen LogP contribution is -2.32. The Hall–Kier alpha value is -2.14. The number of benzene rings is 2. The van der Waals surface area contributed by atoms with Crippen LogP contribution in [0.3, 0.4) is 0 Å². The van der Waals surface area contributed by atoms with Gasteiger partial charge in [-0.2, -0.15) is 11.8 Å². The first-order valence-electron chi connectivity index (χ1n) is 9.54. The normalized spacial score (nSPS) is 21.6. The van der Waals surface area contributed by atoms with Gasteiger partial charge in [0.15, 0.2) is 0 Å². The maximum atomic E-state index is 12.7. The predicted octanol–water partition coefficient (Wildman–Crippen LogP) is 4.30. The number of aryl methyl sites for hydroxylation is 1. The summed E-state index contributed by atoms with van der Waals surface area (Å²) in [7, 11) is 1.67. The molecule has 1 N–H and O–H groups in total. The lowest BCUT2D eigenvalue weighted by molar-refractivity contribution is -0.117. The Bertz CT molecular complexity index is 833. The molecule has 0 spiro atoms. The lowest BCUT2D eigenvalue weighted by Gasteiger charge is -2.30. The van der Waals surface area contributed by atoms with E-state index in [1.807, 2.05) is 36.0 Å². The van der Waals surface area contributed by atoms with Gasteiger partial charge in [-0.05, 0) is 60.7 Å². The summed E-state index contributed by atoms with van der Waals surface area (Å²) >= 11 is 2.01. The second-order valence-electron chi connectivity index (χ2n) is 7.32. The fraction of sp³-hybridized carbons (Fsp3) is 0.409. The molecule has 2 aliphatic rings. The van der Waals surface area contributed by atoms with E-state index in [0.29, 0.717) is 5.92 Å². The van der Waals surface area contributed by atoms with Crippen LogP contribution < -0.4 is 15.0 Å². The molecule has 1 amide bonds. The molecular formula is C22H26N2O2S. The van der Waals surface area contributed by atoms with E-state index in [2.05, 4.69) is 35.3 Å². The number of methoxy groups -OCH3 is 1. The number of nitrogens with zero attached hydrogens (tertiary/aromatic N) is 1. The van der Waals surface area contributed by atoms with Crippen molar-refractivity contribution in [1.82, 2.24) is 0 Å². The van der Waals surface area contributed by atoms with Crippen molar-refractivity contribution in [2.45, 2.75) is 19.3 Å². The zero-order valence-electron chi connectivity index (χ0n) is 15.9. The first-order valence-corrected chi connectivity index (χ1v) is 10.7. The number of carbonyl (C=O) groups is 1. The molecule has 0 bridgehead atoms. The summed E-state index contributed by atoms with van der Waals surface area (Å²) in [5.41, 5.74) is 4.58. The van der Waals surface area contributed by atoms with E-state index in [1.165, 1.54) is 28.3 Å². The minimum Gasteiger partial charge on any atom is -0.497 e. The Labute approximate surface area is 165 Å². The first-order chi connectivity index (χ1) is 13.2. The average molecular weight is 383 g/mol. The molecule has 0 radical (unpaired) electrons. The average Bonchev–Trinajstić information content (AvgIpc) is 3.50. The smallest absolute Gasteiger partial charge is 0.228 e. The van der Waals surface area contributed by atoms with Gasteiger partial charge in [0, 0.05) is 41.9 Å². The molecule has 1 aliphatic carbocycles. The van der Waals surface area contributed by atoms with E-state index < -0.39 is 0 Å². The number of nitrogens with one attached hydrogen (secondary N) is 1. The SMILES string of the molecule is COc1cccc([C@@H]2C[C@@H]2C(=O)Nc2ccc(N3CCSCC3)c(C)c2)c1. The van der Waals surface area contributed by atoms with Crippen molar-refractivity contribution in [2.24, 2.45) is 5.92 Å². The monoisotopic (exact) mass is 382 g/mol. The van der Waals surface area contributed by atoms with Gasteiger partial charge in [-0.1, -0.05) is 12.1 Å². The summed E-state index contributed by atoms with van der Waals surface area (Å²) in [5.74, 6) is 3.68. The zero-order valence-corrected chi connectivity index (χ0v) is 16.7. The third-order valence-electron chi connectivity index (χ3n) is 5.47. The number of ether oxygens (including phenoxy) is 1. The number of hydrogen-bond donors (Lipinski definition) is 1. The molecule has 1 saturated carbocycles. The van der Waals surface area contributed by atoms with Crippen LogP contribution in [0.5, 0.6) is 5.75 Å². The molecule has 27 heavy (non-hydrogen) atoms. The molecule has 0 aromatic heterocycles. The number of amides is 1. The Morgan fingerprint density at radius 2 is 2.00 bits per heavy atom. The van der Waals surface area contributed by atoms with Crippen LogP contribution in [0, 0.1) is 12.8 Å². The fourth-order valence-corrected chi connectivity index (χ4v) is 4.76. The number of carbonyl (C=O) groups excluding carboxylic acids is 1. The van der Waals surface area contributed by atoms with Crippen LogP contribution >= 0.6 is 11.8 Å². The third-order valence-corrected chi connectivity index (χ3v) is 6.41. The number of thioether (sulfide) groups is 1. The molecule has 4 rings (SSSR count). The molecule has 1 aliphatic heterocycles. The minimum absolute atomic E-state index is 0.0520. The zero-order chi connectivity index (χ0) is 18.8. The molecule has 1 heterocycles. The van der Waals surface area contributed by atoms with Crippen LogP contribution in [0.4, 0.5) is 11.4 Å². The fourth-order valence-electron chi connectivity index (χ4n) is 3.85. The maximum Gasteiger partial charge on any atom is 0.228 e. The van der Waals surface area contributed by atoms with Crippen LogP contribution in [-0.2, 0) is 4.79 Å². The first kappa shape index (κ1) is 18.2. The highest BCUT2D eigenvalue weighted by Gasteiger charge is 2.44. The topological polar surface area (TPSA) is 41.6 Å². The van der Waals surface area contributed by atoms with E-state index in [-0.39, 0.29) is 11.8 Å². The summed E-state index contributed by atoms with van der Waals surface area (Å²) in [6.45, 7) is 4.33. The second kappa shape index (κ2) is 7.85. The molecule has 4 nitrogen and oxygen atoms in total. The molecule has 2 atom stereocenters. The summed E-state index contributed by atoms with van der Waals surface area (Å²) in [5, 5.41) is 3.11. The van der Waals surface area contributed by atoms with E-state index >= 15 is 0 Å². The van der Waals surface area contributed by atoms with E-state index in [4.69, 9.17) is 4.74 Å². The molecule has 0 unspecified atom stereocenters. The van der Waals surface area contributed by atoms with Gasteiger partial charge in [0.1, 0.15) is 5.75 Å². The van der Waals surface area contributed by atoms with Crippen LogP contribution in [0.25, 0.3) is 0 Å². The minimum atomic E-state index is 0.0520. The summed E-state index contributed by atoms with van der Waals surface area (Å²) in [6, 6.07) is 14.3. The molecule has 1 saturated heterocycles. The summed E-state index contributed by atoms with van der Waals surface area (Å²) in [4.78, 5) is 15.1. The van der Waals surface area contributed by atoms with Gasteiger partial charge in [0.25, 0.3) is 0 Å². The van der Waals surface area contributed by atoms with Crippen molar-refractivity contribution >= 4 is 29.0 Å². The van der Waals surface area contributed by atoms with Crippen molar-refractivity contribution in [3.05, 3.63) is 53.6 Å². The van der Waals surface area contributed by atoms with E-state index in [0.717, 1.165) is 30.9 Å². The van der Waals surface area contributed by atoms with Crippen molar-refractivity contribution in [3.63, 3.8) is 0 Å². The van der Waals surface area contributed by atoms with Crippen molar-refractivity contribution in [3.8, 4) is 5.75 Å². The van der Waals surface area contributed by atoms with E-state index in [9.17, 15) is 4.79 Å². The molecular weight excluding hydrogens is 356 g/mol. The largest absolute Gasteiger partial charge is 0.497 e. The van der Waals surface area contributed by atoms with Gasteiger partial charge in [0.2, 0.25) is 5.91 Å². The van der Waals surface area contributed by atoms with Gasteiger partial charge in [-0.15, -0.1) is 0 Å². The molecule has 5 heteroatoms. The van der Waals surface area contributed by atoms with Gasteiger partial charge >= 0.3 is 0 Å². The molecule has 2 aromatic carbocycles. The Morgan fingerprint density at radius 3 is 2.74 bits per heavy atom. The van der Waals surface area contributed by atoms with Crippen LogP contribution in [-0.4, -0.2) is 37.6 Å². The van der Waals surface area contributed by atoms with Gasteiger partial charge in [-0.25, -0.2) is 0 Å². The third kappa shape index (κ3) is 4.08. The Balaban J connectivity index is 1.39. The Morgan fingerprint density at radius 1 is 1.19 bits per heavy atom. The highest BCUT2D eigenvalue weighted by atomic mass is 32.2. The van der Waals surface area contributed by atoms with Crippen molar-refractivity contribution in [2.75, 3.05) is 41.9 Å². The molecule has 142 valence electrons. The highest BCUT2D eigenvalue weighted by molar-refractivity contribution is 7.99. The highest BCUT2D eigenvalue weighted by Crippen LogP contribution is 2.48. The van der Waals surface area contributed by atoms with Gasteiger partial charge < -0.3 is 15.0 Å². The van der Waals surface area contributed by atoms with Gasteiger partial charge in [-0.3, -0.25) is 4.79 Å². The van der Waals surface area contributed by atoms with Gasteiger partial charge in [0.05, 0.1) is 7.11 Å². The van der Waals surface area contributed by atoms with Crippen molar-refractivity contribution < 1.29 is 9.53 Å². The molecule has 2 aromatic rings. The second-order valence-corrected chi connectivity index (χ2v) is 8.54. The molecule has 2 fully saturated rings. The summed E-state index contributed by atoms with van der Waals surface area (Å²) in [6.07, 6.45) is 0.904. The number of hydrogen-bond acceptors (Lipinski definition) is 4. The predicted molar refractivity (Wildman–Crippen MR) is 113 cm³/mol. The van der Waals surface area contributed by atoms with Crippen LogP contribution in [0.1, 0.15) is 23.5 Å². The standard InChI is InChI=1S/C22H26N2O2S/c1-15-12-17(6-7-21(15)24-8-10-27-11-9-24)23-22(25)20-14-19(20)16-4-3-5-18(13-16)26-2/h3-7,12-13,19-20H,8-11,14H2,1-2H3,(H,23,25)/t19-,20-/m0/s1. The van der Waals surface area contributed by atoms with E-state index in [1.54, 1.807) is 7.11 Å². The van der Waals surface area contributed by atoms with Crippen LogP contribution in [0.15, 0.2) is 42.5 Å². The summed E-state index contributed by atoms with van der Waals surface area (Å²) < 4.78 is 5.29. The number of anilines is 2. The van der Waals surface area contributed by atoms with Crippen LogP contribution in [0.2, 0.25) is 0 Å². The Kier molecular flexibility index (Phi) is 5.30.